The molecule has 0 bridgehead atoms. The molecule has 1 aliphatic heterocycles. The van der Waals surface area contributed by atoms with E-state index in [4.69, 9.17) is 9.47 Å². The number of carbonyl (C=O) groups is 2. The number of aromatic nitrogens is 1. The van der Waals surface area contributed by atoms with E-state index >= 15 is 0 Å². The third-order valence-corrected chi connectivity index (χ3v) is 7.49. The lowest BCUT2D eigenvalue weighted by Crippen LogP contribution is -2.29. The zero-order valence-corrected chi connectivity index (χ0v) is 21.1. The first-order valence-electron chi connectivity index (χ1n) is 11.3. The average molecular weight is 501 g/mol. The third kappa shape index (κ3) is 3.79. The summed E-state index contributed by atoms with van der Waals surface area (Å²) in [7, 11) is 3.13. The monoisotopic (exact) mass is 500 g/mol. The second-order valence-corrected chi connectivity index (χ2v) is 9.66. The molecule has 8 heteroatoms. The van der Waals surface area contributed by atoms with Crippen LogP contribution in [-0.2, 0) is 9.59 Å². The number of para-hydroxylation sites is 1. The molecule has 0 radical (unpaired) electrons. The van der Waals surface area contributed by atoms with Crippen LogP contribution in [0.15, 0.2) is 66.2 Å². The summed E-state index contributed by atoms with van der Waals surface area (Å²) >= 11 is 1.33. The quantitative estimate of drug-likeness (QED) is 0.219. The number of amides is 1. The number of rotatable bonds is 5. The van der Waals surface area contributed by atoms with E-state index in [1.165, 1.54) is 23.3 Å². The molecule has 4 aromatic rings. The summed E-state index contributed by atoms with van der Waals surface area (Å²) in [5.74, 6) is -0.559. The van der Waals surface area contributed by atoms with Gasteiger partial charge in [-0.2, -0.15) is 0 Å². The van der Waals surface area contributed by atoms with Crippen molar-refractivity contribution in [3.05, 3.63) is 87.9 Å². The van der Waals surface area contributed by atoms with Crippen LogP contribution in [0.1, 0.15) is 27.7 Å². The van der Waals surface area contributed by atoms with Gasteiger partial charge in [-0.05, 0) is 48.9 Å². The minimum atomic E-state index is -0.905. The predicted octanol–water partition coefficient (Wildman–Crippen LogP) is 5.56. The number of hydrogen-bond donors (Lipinski definition) is 1. The van der Waals surface area contributed by atoms with Gasteiger partial charge in [-0.15, -0.1) is 11.3 Å². The fourth-order valence-electron chi connectivity index (χ4n) is 4.43. The van der Waals surface area contributed by atoms with Crippen LogP contribution in [-0.4, -0.2) is 36.0 Å². The average Bonchev–Trinajstić information content (AvgIpc) is 3.37. The van der Waals surface area contributed by atoms with Gasteiger partial charge in [-0.25, -0.2) is 4.98 Å². The number of aryl methyl sites for hydroxylation is 2. The number of benzene rings is 3. The molecule has 1 saturated heterocycles. The number of hydrogen-bond acceptors (Lipinski definition) is 7. The van der Waals surface area contributed by atoms with Crippen molar-refractivity contribution in [3.63, 3.8) is 0 Å². The molecule has 1 amide bonds. The van der Waals surface area contributed by atoms with Crippen LogP contribution in [0.2, 0.25) is 0 Å². The number of aliphatic hydroxyl groups is 1. The Morgan fingerprint density at radius 1 is 0.972 bits per heavy atom. The first-order valence-corrected chi connectivity index (χ1v) is 12.1. The molecule has 7 nitrogen and oxygen atoms in total. The normalized spacial score (nSPS) is 17.1. The van der Waals surface area contributed by atoms with Gasteiger partial charge in [0.1, 0.15) is 23.3 Å². The Morgan fingerprint density at radius 3 is 2.39 bits per heavy atom. The maximum atomic E-state index is 13.4. The molecule has 0 aliphatic carbocycles. The number of anilines is 1. The molecular formula is C28H24N2O5S. The Morgan fingerprint density at radius 2 is 1.69 bits per heavy atom. The Hall–Kier alpha value is -4.17. The van der Waals surface area contributed by atoms with Crippen LogP contribution in [0, 0.1) is 13.8 Å². The summed E-state index contributed by atoms with van der Waals surface area (Å²) in [5, 5.41) is 13.7. The standard InChI is InChI=1S/C28H24N2O5S/c1-15-16(2)36-28(29-15)30-24(21-7-5-6-8-22(21)35-4)23(26(32)27(30)33)25(31)19-10-9-18-14-20(34-3)12-11-17(18)13-19/h5-14,24,31H,1-4H3/b25-23+. The lowest BCUT2D eigenvalue weighted by molar-refractivity contribution is -0.132. The summed E-state index contributed by atoms with van der Waals surface area (Å²) < 4.78 is 10.9. The van der Waals surface area contributed by atoms with E-state index in [0.29, 0.717) is 22.0 Å². The number of Topliss-reactive ketones (excluding diaryl/α,β-unsaturated/α-hetero) is 1. The molecule has 36 heavy (non-hydrogen) atoms. The largest absolute Gasteiger partial charge is 0.507 e. The molecule has 1 unspecified atom stereocenters. The van der Waals surface area contributed by atoms with Crippen molar-refractivity contribution >= 4 is 44.7 Å². The molecule has 1 fully saturated rings. The number of thiazole rings is 1. The fourth-order valence-corrected chi connectivity index (χ4v) is 5.37. The van der Waals surface area contributed by atoms with Gasteiger partial charge in [-0.3, -0.25) is 14.5 Å². The van der Waals surface area contributed by atoms with Gasteiger partial charge in [0.15, 0.2) is 5.13 Å². The third-order valence-electron chi connectivity index (χ3n) is 6.42. The highest BCUT2D eigenvalue weighted by Crippen LogP contribution is 2.46. The number of nitrogens with zero attached hydrogens (tertiary/aromatic N) is 2. The molecule has 1 aliphatic rings. The SMILES string of the molecule is COc1ccc2cc(/C(O)=C3\C(=O)C(=O)N(c4nc(C)c(C)s4)C3c3ccccc3OC)ccc2c1. The van der Waals surface area contributed by atoms with Crippen LogP contribution in [0.4, 0.5) is 5.13 Å². The highest BCUT2D eigenvalue weighted by molar-refractivity contribution is 7.16. The Kier molecular flexibility index (Phi) is 5.97. The minimum absolute atomic E-state index is 0.0112. The topological polar surface area (TPSA) is 89.0 Å². The van der Waals surface area contributed by atoms with Gasteiger partial charge < -0.3 is 14.6 Å². The van der Waals surface area contributed by atoms with Crippen LogP contribution in [0.5, 0.6) is 11.5 Å². The summed E-state index contributed by atoms with van der Waals surface area (Å²) in [5.41, 5.74) is 1.78. The molecule has 0 spiro atoms. The minimum Gasteiger partial charge on any atom is -0.507 e. The van der Waals surface area contributed by atoms with Crippen LogP contribution in [0.3, 0.4) is 0 Å². The number of methoxy groups -OCH3 is 2. The maximum Gasteiger partial charge on any atom is 0.301 e. The van der Waals surface area contributed by atoms with Gasteiger partial charge in [0.05, 0.1) is 25.5 Å². The van der Waals surface area contributed by atoms with Gasteiger partial charge >= 0.3 is 5.91 Å². The highest BCUT2D eigenvalue weighted by atomic mass is 32.1. The fraction of sp³-hybridized carbons (Fsp3) is 0.179. The molecule has 0 saturated carbocycles. The number of ketones is 1. The molecule has 5 rings (SSSR count). The van der Waals surface area contributed by atoms with Crippen molar-refractivity contribution in [1.82, 2.24) is 4.98 Å². The first-order chi connectivity index (χ1) is 17.3. The Labute approximate surface area is 212 Å². The van der Waals surface area contributed by atoms with Crippen LogP contribution >= 0.6 is 11.3 Å². The van der Waals surface area contributed by atoms with Gasteiger partial charge in [0.2, 0.25) is 0 Å². The molecule has 182 valence electrons. The van der Waals surface area contributed by atoms with Crippen LogP contribution < -0.4 is 14.4 Å². The van der Waals surface area contributed by atoms with Gasteiger partial charge in [-0.1, -0.05) is 36.4 Å². The lowest BCUT2D eigenvalue weighted by Gasteiger charge is -2.24. The number of ether oxygens (including phenoxy) is 2. The van der Waals surface area contributed by atoms with Crippen LogP contribution in [0.25, 0.3) is 16.5 Å². The van der Waals surface area contributed by atoms with Crippen molar-refractivity contribution in [2.75, 3.05) is 19.1 Å². The number of fused-ring (bicyclic) bond motifs is 1. The lowest BCUT2D eigenvalue weighted by atomic mass is 9.94. The van der Waals surface area contributed by atoms with Crippen molar-refractivity contribution in [2.24, 2.45) is 0 Å². The van der Waals surface area contributed by atoms with Gasteiger partial charge in [0, 0.05) is 16.0 Å². The maximum absolute atomic E-state index is 13.4. The van der Waals surface area contributed by atoms with Crippen molar-refractivity contribution in [1.29, 1.82) is 0 Å². The summed E-state index contributed by atoms with van der Waals surface area (Å²) in [4.78, 5) is 33.7. The van der Waals surface area contributed by atoms with Gasteiger partial charge in [0.25, 0.3) is 5.78 Å². The smallest absolute Gasteiger partial charge is 0.301 e. The summed E-state index contributed by atoms with van der Waals surface area (Å²) in [6.07, 6.45) is 0. The van der Waals surface area contributed by atoms with E-state index in [9.17, 15) is 14.7 Å². The summed E-state index contributed by atoms with van der Waals surface area (Å²) in [6, 6.07) is 17.2. The van der Waals surface area contributed by atoms with Crippen molar-refractivity contribution < 1.29 is 24.2 Å². The first kappa shape index (κ1) is 23.6. The van der Waals surface area contributed by atoms with E-state index in [1.54, 1.807) is 37.4 Å². The Balaban J connectivity index is 1.73. The molecule has 1 aromatic heterocycles. The molecular weight excluding hydrogens is 476 g/mol. The molecule has 1 atom stereocenters. The zero-order valence-electron chi connectivity index (χ0n) is 20.2. The second-order valence-electron chi connectivity index (χ2n) is 8.48. The molecule has 3 aromatic carbocycles. The van der Waals surface area contributed by atoms with Crippen molar-refractivity contribution in [2.45, 2.75) is 19.9 Å². The second kappa shape index (κ2) is 9.13. The molecule has 1 N–H and O–H groups in total. The van der Waals surface area contributed by atoms with E-state index in [0.717, 1.165) is 27.1 Å². The van der Waals surface area contributed by atoms with E-state index in [2.05, 4.69) is 4.98 Å². The Bertz CT molecular complexity index is 1540. The molecule has 2 heterocycles. The number of carbonyl (C=O) groups excluding carboxylic acids is 2. The zero-order chi connectivity index (χ0) is 25.6. The summed E-state index contributed by atoms with van der Waals surface area (Å²) in [6.45, 7) is 3.77. The predicted molar refractivity (Wildman–Crippen MR) is 140 cm³/mol. The number of aliphatic hydroxyl groups excluding tert-OH is 1. The van der Waals surface area contributed by atoms with Crippen molar-refractivity contribution in [3.8, 4) is 11.5 Å². The van der Waals surface area contributed by atoms with E-state index < -0.39 is 17.7 Å². The van der Waals surface area contributed by atoms with E-state index in [1.807, 2.05) is 44.2 Å². The van der Waals surface area contributed by atoms with E-state index in [-0.39, 0.29) is 11.3 Å². The highest BCUT2D eigenvalue weighted by Gasteiger charge is 2.49.